The molecule has 0 radical (unpaired) electrons. The van der Waals surface area contributed by atoms with Crippen molar-refractivity contribution < 1.29 is 8.42 Å². The Morgan fingerprint density at radius 3 is 2.32 bits per heavy atom. The maximum atomic E-state index is 11.2. The van der Waals surface area contributed by atoms with Crippen LogP contribution < -0.4 is 5.32 Å². The maximum absolute atomic E-state index is 11.2. The van der Waals surface area contributed by atoms with Gasteiger partial charge in [0, 0.05) is 18.1 Å². The van der Waals surface area contributed by atoms with Crippen LogP contribution in [0.5, 0.6) is 0 Å². The summed E-state index contributed by atoms with van der Waals surface area (Å²) in [6, 6.07) is 0.503. The van der Waals surface area contributed by atoms with Crippen LogP contribution in [-0.4, -0.2) is 33.0 Å². The quantitative estimate of drug-likeness (QED) is 0.783. The van der Waals surface area contributed by atoms with Crippen molar-refractivity contribution >= 4 is 9.84 Å². The van der Waals surface area contributed by atoms with Gasteiger partial charge in [0.25, 0.3) is 0 Å². The largest absolute Gasteiger partial charge is 0.314 e. The predicted octanol–water partition coefficient (Wildman–Crippen LogP) is 3.01. The molecule has 4 heteroatoms. The van der Waals surface area contributed by atoms with E-state index in [4.69, 9.17) is 0 Å². The first-order chi connectivity index (χ1) is 8.73. The molecule has 0 bridgehead atoms. The second kappa shape index (κ2) is 7.07. The minimum atomic E-state index is -2.81. The number of hydrogen-bond acceptors (Lipinski definition) is 3. The lowest BCUT2D eigenvalue weighted by atomic mass is 9.70. The van der Waals surface area contributed by atoms with Crippen LogP contribution in [0, 0.1) is 11.3 Å². The second-order valence-electron chi connectivity index (χ2n) is 6.94. The third kappa shape index (κ3) is 6.75. The van der Waals surface area contributed by atoms with Crippen molar-refractivity contribution in [2.75, 3.05) is 18.6 Å². The SMILES string of the molecule is CCNC(CCCS(C)(=O)=O)C1CCC(C)(C)CC1. The van der Waals surface area contributed by atoms with E-state index in [2.05, 4.69) is 26.1 Å². The third-order valence-electron chi connectivity index (χ3n) is 4.45. The fraction of sp³-hybridized carbons (Fsp3) is 1.00. The highest BCUT2D eigenvalue weighted by molar-refractivity contribution is 7.90. The Kier molecular flexibility index (Phi) is 6.31. The van der Waals surface area contributed by atoms with Gasteiger partial charge < -0.3 is 5.32 Å². The molecule has 0 amide bonds. The Hall–Kier alpha value is -0.0900. The molecule has 0 spiro atoms. The smallest absolute Gasteiger partial charge is 0.147 e. The molecule has 0 aromatic heterocycles. The lowest BCUT2D eigenvalue weighted by molar-refractivity contribution is 0.158. The van der Waals surface area contributed by atoms with Crippen LogP contribution in [0.2, 0.25) is 0 Å². The summed E-state index contributed by atoms with van der Waals surface area (Å²) in [7, 11) is -2.81. The van der Waals surface area contributed by atoms with Crippen LogP contribution in [0.25, 0.3) is 0 Å². The first kappa shape index (κ1) is 17.0. The van der Waals surface area contributed by atoms with Gasteiger partial charge in [0.1, 0.15) is 9.84 Å². The number of sulfone groups is 1. The Morgan fingerprint density at radius 2 is 1.84 bits per heavy atom. The number of rotatable bonds is 7. The van der Waals surface area contributed by atoms with Crippen LogP contribution >= 0.6 is 0 Å². The van der Waals surface area contributed by atoms with Gasteiger partial charge in [-0.2, -0.15) is 0 Å². The van der Waals surface area contributed by atoms with Gasteiger partial charge in [0.2, 0.25) is 0 Å². The van der Waals surface area contributed by atoms with Crippen molar-refractivity contribution in [3.63, 3.8) is 0 Å². The van der Waals surface area contributed by atoms with Crippen LogP contribution in [-0.2, 0) is 9.84 Å². The number of nitrogens with one attached hydrogen (secondary N) is 1. The average molecular weight is 289 g/mol. The first-order valence-corrected chi connectivity index (χ1v) is 9.71. The zero-order valence-corrected chi connectivity index (χ0v) is 13.9. The molecule has 1 saturated carbocycles. The minimum absolute atomic E-state index is 0.326. The van der Waals surface area contributed by atoms with E-state index in [1.807, 2.05) is 0 Å². The highest BCUT2D eigenvalue weighted by Crippen LogP contribution is 2.39. The molecule has 19 heavy (non-hydrogen) atoms. The fourth-order valence-electron chi connectivity index (χ4n) is 3.16. The normalized spacial score (nSPS) is 22.3. The molecule has 1 unspecified atom stereocenters. The Morgan fingerprint density at radius 1 is 1.26 bits per heavy atom. The van der Waals surface area contributed by atoms with Gasteiger partial charge in [-0.25, -0.2) is 8.42 Å². The highest BCUT2D eigenvalue weighted by atomic mass is 32.2. The van der Waals surface area contributed by atoms with Crippen molar-refractivity contribution in [2.24, 2.45) is 11.3 Å². The monoisotopic (exact) mass is 289 g/mol. The van der Waals surface area contributed by atoms with Crippen LogP contribution in [0.3, 0.4) is 0 Å². The van der Waals surface area contributed by atoms with Crippen LogP contribution in [0.4, 0.5) is 0 Å². The summed E-state index contributed by atoms with van der Waals surface area (Å²) in [4.78, 5) is 0. The molecule has 0 aromatic rings. The standard InChI is InChI=1S/C15H31NO2S/c1-5-16-14(7-6-12-19(4,17)18)13-8-10-15(2,3)11-9-13/h13-14,16H,5-12H2,1-4H3. The molecular weight excluding hydrogens is 258 g/mol. The first-order valence-electron chi connectivity index (χ1n) is 7.64. The molecule has 0 saturated heterocycles. The van der Waals surface area contributed by atoms with Crippen molar-refractivity contribution in [1.82, 2.24) is 5.32 Å². The van der Waals surface area contributed by atoms with Gasteiger partial charge in [0.05, 0.1) is 0 Å². The van der Waals surface area contributed by atoms with Gasteiger partial charge in [-0.1, -0.05) is 20.8 Å². The molecule has 1 aliphatic carbocycles. The highest BCUT2D eigenvalue weighted by Gasteiger charge is 2.30. The van der Waals surface area contributed by atoms with Gasteiger partial charge in [-0.15, -0.1) is 0 Å². The molecule has 0 heterocycles. The van der Waals surface area contributed by atoms with Crippen LogP contribution in [0.1, 0.15) is 59.3 Å². The third-order valence-corrected chi connectivity index (χ3v) is 5.48. The fourth-order valence-corrected chi connectivity index (χ4v) is 3.85. The molecular formula is C15H31NO2S. The van der Waals surface area contributed by atoms with Gasteiger partial charge in [-0.05, 0) is 56.4 Å². The Balaban J connectivity index is 2.44. The molecule has 1 atom stereocenters. The van der Waals surface area contributed by atoms with Crippen molar-refractivity contribution in [1.29, 1.82) is 0 Å². The molecule has 1 rings (SSSR count). The summed E-state index contributed by atoms with van der Waals surface area (Å²) in [5, 5.41) is 3.57. The van der Waals surface area contributed by atoms with E-state index < -0.39 is 9.84 Å². The summed E-state index contributed by atoms with van der Waals surface area (Å²) in [5.41, 5.74) is 0.500. The van der Waals surface area contributed by atoms with E-state index in [1.165, 1.54) is 31.9 Å². The topological polar surface area (TPSA) is 46.2 Å². The molecule has 0 aromatic carbocycles. The van der Waals surface area contributed by atoms with E-state index in [1.54, 1.807) is 0 Å². The molecule has 0 aliphatic heterocycles. The summed E-state index contributed by atoms with van der Waals surface area (Å²) < 4.78 is 22.4. The molecule has 1 N–H and O–H groups in total. The van der Waals surface area contributed by atoms with Crippen molar-refractivity contribution in [3.05, 3.63) is 0 Å². The van der Waals surface area contributed by atoms with E-state index in [9.17, 15) is 8.42 Å². The molecule has 114 valence electrons. The molecule has 1 aliphatic rings. The molecule has 3 nitrogen and oxygen atoms in total. The average Bonchev–Trinajstić information content (AvgIpc) is 2.26. The lowest BCUT2D eigenvalue weighted by Crippen LogP contribution is -2.39. The zero-order chi connectivity index (χ0) is 14.5. The zero-order valence-electron chi connectivity index (χ0n) is 13.0. The van der Waals surface area contributed by atoms with E-state index >= 15 is 0 Å². The van der Waals surface area contributed by atoms with Gasteiger partial charge >= 0.3 is 0 Å². The van der Waals surface area contributed by atoms with Crippen LogP contribution in [0.15, 0.2) is 0 Å². The van der Waals surface area contributed by atoms with Crippen molar-refractivity contribution in [2.45, 2.75) is 65.3 Å². The summed E-state index contributed by atoms with van der Waals surface area (Å²) in [6.07, 6.45) is 8.27. The van der Waals surface area contributed by atoms with E-state index in [-0.39, 0.29) is 0 Å². The second-order valence-corrected chi connectivity index (χ2v) is 9.20. The predicted molar refractivity (Wildman–Crippen MR) is 82.1 cm³/mol. The Bertz CT molecular complexity index is 352. The van der Waals surface area contributed by atoms with Crippen molar-refractivity contribution in [3.8, 4) is 0 Å². The number of hydrogen-bond donors (Lipinski definition) is 1. The maximum Gasteiger partial charge on any atom is 0.147 e. The van der Waals surface area contributed by atoms with E-state index in [0.29, 0.717) is 17.2 Å². The molecule has 1 fully saturated rings. The summed E-state index contributed by atoms with van der Waals surface area (Å²) in [5.74, 6) is 1.06. The lowest BCUT2D eigenvalue weighted by Gasteiger charge is -2.38. The van der Waals surface area contributed by atoms with Gasteiger partial charge in [-0.3, -0.25) is 0 Å². The summed E-state index contributed by atoms with van der Waals surface area (Å²) >= 11 is 0. The van der Waals surface area contributed by atoms with Gasteiger partial charge in [0.15, 0.2) is 0 Å². The Labute approximate surface area is 119 Å². The minimum Gasteiger partial charge on any atom is -0.314 e. The van der Waals surface area contributed by atoms with E-state index in [0.717, 1.165) is 25.3 Å². The summed E-state index contributed by atoms with van der Waals surface area (Å²) in [6.45, 7) is 7.82.